The Kier molecular flexibility index (Phi) is 6.13. The number of halogens is 2. The fourth-order valence-electron chi connectivity index (χ4n) is 1.37. The summed E-state index contributed by atoms with van der Waals surface area (Å²) in [5, 5.41) is 18.4. The molecule has 0 heterocycles. The van der Waals surface area contributed by atoms with Crippen LogP contribution in [-0.2, 0) is 6.61 Å². The highest BCUT2D eigenvalue weighted by atomic mass is 35.5. The Labute approximate surface area is 111 Å². The van der Waals surface area contributed by atoms with E-state index in [9.17, 15) is 0 Å². The van der Waals surface area contributed by atoms with E-state index >= 15 is 0 Å². The molecule has 0 aliphatic heterocycles. The Morgan fingerprint density at radius 3 is 2.71 bits per heavy atom. The van der Waals surface area contributed by atoms with Crippen molar-refractivity contribution in [1.29, 1.82) is 5.26 Å². The van der Waals surface area contributed by atoms with Crippen LogP contribution < -0.4 is 4.74 Å². The molecule has 0 fully saturated rings. The summed E-state index contributed by atoms with van der Waals surface area (Å²) in [5.74, 6) is 0.468. The fraction of sp³-hybridized carbons (Fsp3) is 0.417. The van der Waals surface area contributed by atoms with Gasteiger partial charge in [-0.05, 0) is 25.0 Å². The van der Waals surface area contributed by atoms with E-state index in [2.05, 4.69) is 6.07 Å². The monoisotopic (exact) mass is 273 g/mol. The molecule has 92 valence electrons. The number of hydrogen-bond acceptors (Lipinski definition) is 3. The van der Waals surface area contributed by atoms with Gasteiger partial charge in [0, 0.05) is 17.0 Å². The predicted octanol–water partition coefficient (Wildman–Crippen LogP) is 3.56. The summed E-state index contributed by atoms with van der Waals surface area (Å²) in [7, 11) is 0. The summed E-state index contributed by atoms with van der Waals surface area (Å²) in [4.78, 5) is 0. The molecule has 1 rings (SSSR count). The molecular formula is C12H13Cl2NO2. The lowest BCUT2D eigenvalue weighted by Crippen LogP contribution is -2.01. The zero-order valence-corrected chi connectivity index (χ0v) is 10.8. The van der Waals surface area contributed by atoms with Gasteiger partial charge in [0.1, 0.15) is 5.75 Å². The third kappa shape index (κ3) is 4.43. The Morgan fingerprint density at radius 2 is 2.06 bits per heavy atom. The third-order valence-corrected chi connectivity index (χ3v) is 2.68. The highest BCUT2D eigenvalue weighted by molar-refractivity contribution is 6.35. The van der Waals surface area contributed by atoms with Crippen LogP contribution in [-0.4, -0.2) is 11.7 Å². The number of nitriles is 1. The molecule has 0 aliphatic rings. The number of nitrogens with zero attached hydrogens (tertiary/aromatic N) is 1. The van der Waals surface area contributed by atoms with Crippen molar-refractivity contribution in [2.45, 2.75) is 25.9 Å². The summed E-state index contributed by atoms with van der Waals surface area (Å²) in [6.07, 6.45) is 2.08. The Morgan fingerprint density at radius 1 is 1.29 bits per heavy atom. The Bertz CT molecular complexity index is 416. The van der Waals surface area contributed by atoms with Gasteiger partial charge < -0.3 is 9.84 Å². The molecule has 0 unspecified atom stereocenters. The number of unbranched alkanes of at least 4 members (excludes halogenated alkanes) is 2. The summed E-state index contributed by atoms with van der Waals surface area (Å²) < 4.78 is 5.50. The topological polar surface area (TPSA) is 53.2 Å². The maximum atomic E-state index is 9.17. The minimum Gasteiger partial charge on any atom is -0.492 e. The molecule has 0 bridgehead atoms. The van der Waals surface area contributed by atoms with Gasteiger partial charge >= 0.3 is 0 Å². The molecule has 17 heavy (non-hydrogen) atoms. The van der Waals surface area contributed by atoms with Gasteiger partial charge in [-0.3, -0.25) is 0 Å². The zero-order chi connectivity index (χ0) is 12.7. The quantitative estimate of drug-likeness (QED) is 0.807. The van der Waals surface area contributed by atoms with E-state index in [-0.39, 0.29) is 6.61 Å². The third-order valence-electron chi connectivity index (χ3n) is 2.18. The molecule has 1 aromatic rings. The molecule has 0 atom stereocenters. The van der Waals surface area contributed by atoms with Crippen LogP contribution in [0.25, 0.3) is 0 Å². The van der Waals surface area contributed by atoms with Gasteiger partial charge in [-0.25, -0.2) is 0 Å². The van der Waals surface area contributed by atoms with Crippen LogP contribution in [0.15, 0.2) is 12.1 Å². The summed E-state index contributed by atoms with van der Waals surface area (Å²) in [5.41, 5.74) is 0.572. The molecule has 0 saturated carbocycles. The lowest BCUT2D eigenvalue weighted by atomic mass is 10.2. The van der Waals surface area contributed by atoms with Gasteiger partial charge in [0.05, 0.1) is 24.3 Å². The van der Waals surface area contributed by atoms with Gasteiger partial charge in [-0.2, -0.15) is 5.26 Å². The lowest BCUT2D eigenvalue weighted by molar-refractivity contribution is 0.260. The van der Waals surface area contributed by atoms with E-state index in [0.717, 1.165) is 12.8 Å². The van der Waals surface area contributed by atoms with E-state index in [1.807, 2.05) is 0 Å². The molecule has 0 aromatic heterocycles. The molecule has 0 radical (unpaired) electrons. The van der Waals surface area contributed by atoms with Gasteiger partial charge in [0.25, 0.3) is 0 Å². The van der Waals surface area contributed by atoms with Crippen molar-refractivity contribution in [2.24, 2.45) is 0 Å². The normalized spacial score (nSPS) is 10.0. The molecule has 1 aromatic carbocycles. The van der Waals surface area contributed by atoms with Crippen LogP contribution >= 0.6 is 23.2 Å². The first-order valence-corrected chi connectivity index (χ1v) is 6.03. The molecule has 0 amide bonds. The highest BCUT2D eigenvalue weighted by Crippen LogP contribution is 2.32. The lowest BCUT2D eigenvalue weighted by Gasteiger charge is -2.12. The summed E-state index contributed by atoms with van der Waals surface area (Å²) in [6, 6.07) is 5.27. The van der Waals surface area contributed by atoms with Crippen LogP contribution in [0.1, 0.15) is 24.8 Å². The standard InChI is InChI=1S/C12H13Cl2NO2/c13-10-6-9(8-16)12(11(14)7-10)17-5-3-1-2-4-15/h6-7,16H,1-3,5,8H2. The van der Waals surface area contributed by atoms with E-state index < -0.39 is 0 Å². The number of hydrogen-bond donors (Lipinski definition) is 1. The minimum atomic E-state index is -0.173. The van der Waals surface area contributed by atoms with Crippen LogP contribution in [0.4, 0.5) is 0 Å². The van der Waals surface area contributed by atoms with Crippen molar-refractivity contribution in [3.63, 3.8) is 0 Å². The van der Waals surface area contributed by atoms with Crippen molar-refractivity contribution in [2.75, 3.05) is 6.61 Å². The van der Waals surface area contributed by atoms with Gasteiger partial charge in [-0.15, -0.1) is 0 Å². The number of aliphatic hydroxyl groups excluding tert-OH is 1. The average molecular weight is 274 g/mol. The largest absolute Gasteiger partial charge is 0.492 e. The molecule has 3 nitrogen and oxygen atoms in total. The molecule has 1 N–H and O–H groups in total. The maximum absolute atomic E-state index is 9.17. The van der Waals surface area contributed by atoms with Crippen LogP contribution in [0.2, 0.25) is 10.0 Å². The van der Waals surface area contributed by atoms with E-state index in [1.165, 1.54) is 0 Å². The first-order chi connectivity index (χ1) is 8.19. The average Bonchev–Trinajstić information content (AvgIpc) is 2.30. The minimum absolute atomic E-state index is 0.173. The van der Waals surface area contributed by atoms with E-state index in [4.69, 9.17) is 38.3 Å². The fourth-order valence-corrected chi connectivity index (χ4v) is 1.96. The first kappa shape index (κ1) is 14.1. The van der Waals surface area contributed by atoms with Crippen molar-refractivity contribution in [1.82, 2.24) is 0 Å². The second-order valence-corrected chi connectivity index (χ2v) is 4.34. The Balaban J connectivity index is 2.61. The van der Waals surface area contributed by atoms with Crippen molar-refractivity contribution in [3.8, 4) is 11.8 Å². The van der Waals surface area contributed by atoms with Crippen molar-refractivity contribution < 1.29 is 9.84 Å². The smallest absolute Gasteiger partial charge is 0.143 e. The maximum Gasteiger partial charge on any atom is 0.143 e. The van der Waals surface area contributed by atoms with Crippen molar-refractivity contribution in [3.05, 3.63) is 27.7 Å². The van der Waals surface area contributed by atoms with Gasteiger partial charge in [0.15, 0.2) is 0 Å². The van der Waals surface area contributed by atoms with E-state index in [0.29, 0.717) is 34.4 Å². The molecular weight excluding hydrogens is 261 g/mol. The SMILES string of the molecule is N#CCCCCOc1c(Cl)cc(Cl)cc1CO. The first-order valence-electron chi connectivity index (χ1n) is 5.27. The van der Waals surface area contributed by atoms with Crippen molar-refractivity contribution >= 4 is 23.2 Å². The predicted molar refractivity (Wildman–Crippen MR) is 67.3 cm³/mol. The van der Waals surface area contributed by atoms with Gasteiger partial charge in [-0.1, -0.05) is 23.2 Å². The van der Waals surface area contributed by atoms with Gasteiger partial charge in [0.2, 0.25) is 0 Å². The number of aliphatic hydroxyl groups is 1. The molecule has 5 heteroatoms. The number of ether oxygens (including phenoxy) is 1. The Hall–Kier alpha value is -0.950. The zero-order valence-electron chi connectivity index (χ0n) is 9.25. The molecule has 0 saturated heterocycles. The van der Waals surface area contributed by atoms with Crippen LogP contribution in [0.3, 0.4) is 0 Å². The number of rotatable bonds is 6. The molecule has 0 spiro atoms. The summed E-state index contributed by atoms with van der Waals surface area (Å²) >= 11 is 11.8. The second-order valence-electron chi connectivity index (χ2n) is 3.50. The van der Waals surface area contributed by atoms with Crippen LogP contribution in [0, 0.1) is 11.3 Å². The van der Waals surface area contributed by atoms with Crippen LogP contribution in [0.5, 0.6) is 5.75 Å². The molecule has 0 aliphatic carbocycles. The second kappa shape index (κ2) is 7.39. The number of benzene rings is 1. The highest BCUT2D eigenvalue weighted by Gasteiger charge is 2.09. The summed E-state index contributed by atoms with van der Waals surface area (Å²) in [6.45, 7) is 0.295. The van der Waals surface area contributed by atoms with E-state index in [1.54, 1.807) is 12.1 Å².